The van der Waals surface area contributed by atoms with Crippen LogP contribution in [0.5, 0.6) is 5.75 Å². The number of aliphatic hydroxyl groups excluding tert-OH is 1. The maximum Gasteiger partial charge on any atom is 0.246 e. The lowest BCUT2D eigenvalue weighted by Crippen LogP contribution is -2.50. The summed E-state index contributed by atoms with van der Waals surface area (Å²) >= 11 is 0. The number of sulfonamides is 1. The molecule has 1 aliphatic rings. The molecule has 1 saturated heterocycles. The molecule has 0 bridgehead atoms. The number of hydrogen-bond donors (Lipinski definition) is 2. The molecular weight excluding hydrogens is 368 g/mol. The van der Waals surface area contributed by atoms with E-state index < -0.39 is 15.6 Å². The summed E-state index contributed by atoms with van der Waals surface area (Å²) in [4.78, 5) is 12.5. The minimum Gasteiger partial charge on any atom is -0.495 e. The first-order chi connectivity index (χ1) is 12.5. The van der Waals surface area contributed by atoms with Gasteiger partial charge in [0, 0.05) is 19.0 Å². The molecule has 0 unspecified atom stereocenters. The Balaban J connectivity index is 2.14. The lowest BCUT2D eigenvalue weighted by Gasteiger charge is -2.33. The van der Waals surface area contributed by atoms with Crippen LogP contribution in [0.25, 0.3) is 0 Å². The Bertz CT molecular complexity index is 797. The molecule has 8 heteroatoms. The van der Waals surface area contributed by atoms with Crippen LogP contribution in [0.2, 0.25) is 0 Å². The van der Waals surface area contributed by atoms with Gasteiger partial charge in [0.25, 0.3) is 0 Å². The van der Waals surface area contributed by atoms with E-state index in [1.165, 1.54) is 11.4 Å². The van der Waals surface area contributed by atoms with Gasteiger partial charge in [0.2, 0.25) is 15.9 Å². The highest BCUT2D eigenvalue weighted by Crippen LogP contribution is 2.32. The van der Waals surface area contributed by atoms with Gasteiger partial charge in [-0.05, 0) is 63.8 Å². The van der Waals surface area contributed by atoms with E-state index in [0.29, 0.717) is 18.6 Å². The van der Waals surface area contributed by atoms with Crippen LogP contribution in [0, 0.1) is 19.8 Å². The van der Waals surface area contributed by atoms with Crippen LogP contribution in [0.4, 0.5) is 0 Å². The molecule has 1 amide bonds. The first kappa shape index (κ1) is 21.7. The third-order valence-corrected chi connectivity index (χ3v) is 7.00. The van der Waals surface area contributed by atoms with Gasteiger partial charge >= 0.3 is 0 Å². The molecule has 1 aliphatic heterocycles. The maximum absolute atomic E-state index is 13.1. The van der Waals surface area contributed by atoms with E-state index in [4.69, 9.17) is 4.74 Å². The molecule has 0 aliphatic carbocycles. The van der Waals surface area contributed by atoms with Crippen molar-refractivity contribution in [2.45, 2.75) is 51.0 Å². The molecule has 0 atom stereocenters. The van der Waals surface area contributed by atoms with E-state index in [1.807, 2.05) is 13.8 Å². The second kappa shape index (κ2) is 8.16. The molecule has 152 valence electrons. The highest BCUT2D eigenvalue weighted by Gasteiger charge is 2.35. The molecule has 1 aromatic carbocycles. The number of nitrogens with one attached hydrogen (secondary N) is 1. The molecule has 7 nitrogen and oxygen atoms in total. The van der Waals surface area contributed by atoms with Crippen LogP contribution in [0.1, 0.15) is 37.8 Å². The Morgan fingerprint density at radius 1 is 1.26 bits per heavy atom. The Morgan fingerprint density at radius 3 is 2.33 bits per heavy atom. The zero-order valence-corrected chi connectivity index (χ0v) is 17.5. The number of ether oxygens (including phenoxy) is 1. The average Bonchev–Trinajstić information content (AvgIpc) is 2.63. The second-order valence-electron chi connectivity index (χ2n) is 7.80. The standard InChI is InChI=1S/C19H30N2O5S/c1-13-10-16(26-5)17(11-14(13)2)27(24,25)21-8-6-15(7-9-21)18(23)20-19(3,4)12-22/h10-11,15,22H,6-9,12H2,1-5H3,(H,20,23). The lowest BCUT2D eigenvalue weighted by molar-refractivity contribution is -0.128. The molecule has 1 fully saturated rings. The quantitative estimate of drug-likeness (QED) is 0.759. The summed E-state index contributed by atoms with van der Waals surface area (Å²) in [5.74, 6) is -0.0681. The molecule has 0 aromatic heterocycles. The summed E-state index contributed by atoms with van der Waals surface area (Å²) in [5.41, 5.74) is 1.16. The largest absolute Gasteiger partial charge is 0.495 e. The fourth-order valence-electron chi connectivity index (χ4n) is 3.10. The Hall–Kier alpha value is -1.64. The van der Waals surface area contributed by atoms with Crippen LogP contribution in [-0.4, -0.2) is 56.1 Å². The third-order valence-electron chi connectivity index (χ3n) is 5.08. The fourth-order valence-corrected chi connectivity index (χ4v) is 4.79. The van der Waals surface area contributed by atoms with Gasteiger partial charge < -0.3 is 15.2 Å². The number of rotatable bonds is 6. The van der Waals surface area contributed by atoms with Gasteiger partial charge in [-0.15, -0.1) is 0 Å². The van der Waals surface area contributed by atoms with Gasteiger partial charge in [-0.25, -0.2) is 8.42 Å². The van der Waals surface area contributed by atoms with Gasteiger partial charge in [0.05, 0.1) is 19.3 Å². The minimum atomic E-state index is -3.70. The summed E-state index contributed by atoms with van der Waals surface area (Å²) in [5, 5.41) is 12.1. The van der Waals surface area contributed by atoms with Crippen molar-refractivity contribution in [3.63, 3.8) is 0 Å². The van der Waals surface area contributed by atoms with Crippen molar-refractivity contribution in [1.82, 2.24) is 9.62 Å². The summed E-state index contributed by atoms with van der Waals surface area (Å²) in [6.07, 6.45) is 0.888. The van der Waals surface area contributed by atoms with E-state index in [9.17, 15) is 18.3 Å². The van der Waals surface area contributed by atoms with Gasteiger partial charge in [0.15, 0.2) is 0 Å². The number of aryl methyl sites for hydroxylation is 2. The fraction of sp³-hybridized carbons (Fsp3) is 0.632. The summed E-state index contributed by atoms with van der Waals surface area (Å²) in [6.45, 7) is 7.66. The maximum atomic E-state index is 13.1. The van der Waals surface area contributed by atoms with Gasteiger partial charge in [0.1, 0.15) is 10.6 Å². The van der Waals surface area contributed by atoms with E-state index >= 15 is 0 Å². The zero-order chi connectivity index (χ0) is 20.4. The number of nitrogens with zero attached hydrogens (tertiary/aromatic N) is 1. The molecule has 2 rings (SSSR count). The average molecular weight is 399 g/mol. The molecule has 0 saturated carbocycles. The lowest BCUT2D eigenvalue weighted by atomic mass is 9.95. The number of hydrogen-bond acceptors (Lipinski definition) is 5. The first-order valence-corrected chi connectivity index (χ1v) is 10.5. The zero-order valence-electron chi connectivity index (χ0n) is 16.7. The topological polar surface area (TPSA) is 95.9 Å². The second-order valence-corrected chi connectivity index (χ2v) is 9.70. The molecule has 0 spiro atoms. The smallest absolute Gasteiger partial charge is 0.246 e. The molecule has 27 heavy (non-hydrogen) atoms. The van der Waals surface area contributed by atoms with Crippen molar-refractivity contribution in [3.8, 4) is 5.75 Å². The molecule has 0 radical (unpaired) electrons. The van der Waals surface area contributed by atoms with Crippen molar-refractivity contribution in [3.05, 3.63) is 23.3 Å². The molecule has 2 N–H and O–H groups in total. The number of aliphatic hydroxyl groups is 1. The normalized spacial score (nSPS) is 17.0. The molecule has 1 aromatic rings. The van der Waals surface area contributed by atoms with Crippen LogP contribution in [0.15, 0.2) is 17.0 Å². The third kappa shape index (κ3) is 4.80. The van der Waals surface area contributed by atoms with E-state index in [1.54, 1.807) is 26.0 Å². The summed E-state index contributed by atoms with van der Waals surface area (Å²) in [6, 6.07) is 3.38. The van der Waals surface area contributed by atoms with Crippen molar-refractivity contribution >= 4 is 15.9 Å². The highest BCUT2D eigenvalue weighted by molar-refractivity contribution is 7.89. The molecule has 1 heterocycles. The number of piperidine rings is 1. The summed E-state index contributed by atoms with van der Waals surface area (Å²) in [7, 11) is -2.24. The van der Waals surface area contributed by atoms with Gasteiger partial charge in [-0.3, -0.25) is 4.79 Å². The Morgan fingerprint density at radius 2 is 1.81 bits per heavy atom. The number of methoxy groups -OCH3 is 1. The summed E-state index contributed by atoms with van der Waals surface area (Å²) < 4.78 is 32.9. The predicted octanol–water partition coefficient (Wildman–Crippen LogP) is 1.60. The van der Waals surface area contributed by atoms with Crippen LogP contribution >= 0.6 is 0 Å². The number of carbonyl (C=O) groups excluding carboxylic acids is 1. The van der Waals surface area contributed by atoms with E-state index in [0.717, 1.165) is 11.1 Å². The van der Waals surface area contributed by atoms with Crippen molar-refractivity contribution in [2.75, 3.05) is 26.8 Å². The van der Waals surface area contributed by atoms with Gasteiger partial charge in [-0.2, -0.15) is 4.31 Å². The molecular formula is C19H30N2O5S. The Labute approximate surface area is 161 Å². The van der Waals surface area contributed by atoms with Crippen molar-refractivity contribution < 1.29 is 23.1 Å². The Kier molecular flexibility index (Phi) is 6.55. The first-order valence-electron chi connectivity index (χ1n) is 9.10. The number of carbonyl (C=O) groups is 1. The van der Waals surface area contributed by atoms with Crippen molar-refractivity contribution in [2.24, 2.45) is 5.92 Å². The van der Waals surface area contributed by atoms with Crippen LogP contribution < -0.4 is 10.1 Å². The van der Waals surface area contributed by atoms with Gasteiger partial charge in [-0.1, -0.05) is 0 Å². The van der Waals surface area contributed by atoms with Crippen LogP contribution in [-0.2, 0) is 14.8 Å². The van der Waals surface area contributed by atoms with Crippen LogP contribution in [0.3, 0.4) is 0 Å². The van der Waals surface area contributed by atoms with Crippen molar-refractivity contribution in [1.29, 1.82) is 0 Å². The number of benzene rings is 1. The number of amides is 1. The minimum absolute atomic E-state index is 0.144. The SMILES string of the molecule is COc1cc(C)c(C)cc1S(=O)(=O)N1CCC(C(=O)NC(C)(C)CO)CC1. The van der Waals surface area contributed by atoms with E-state index in [-0.39, 0.29) is 36.4 Å². The van der Waals surface area contributed by atoms with E-state index in [2.05, 4.69) is 5.32 Å². The monoisotopic (exact) mass is 398 g/mol. The predicted molar refractivity (Wildman–Crippen MR) is 103 cm³/mol. The highest BCUT2D eigenvalue weighted by atomic mass is 32.2.